The molecule has 3 heteroatoms. The van der Waals surface area contributed by atoms with Gasteiger partial charge in [-0.15, -0.1) is 0 Å². The molecule has 0 bridgehead atoms. The normalized spacial score (nSPS) is 20.6. The van der Waals surface area contributed by atoms with Crippen molar-refractivity contribution >= 4 is 5.91 Å². The average Bonchev–Trinajstić information content (AvgIpc) is 2.80. The molecular weight excluding hydrogens is 212 g/mol. The molecule has 0 aromatic carbocycles. The number of carbonyl (C=O) groups is 1. The van der Waals surface area contributed by atoms with Gasteiger partial charge in [-0.25, -0.2) is 0 Å². The van der Waals surface area contributed by atoms with Gasteiger partial charge in [0.15, 0.2) is 0 Å². The van der Waals surface area contributed by atoms with Crippen molar-refractivity contribution in [1.82, 2.24) is 4.90 Å². The van der Waals surface area contributed by atoms with Crippen molar-refractivity contribution in [2.24, 2.45) is 17.1 Å². The number of rotatable bonds is 6. The molecule has 1 saturated heterocycles. The summed E-state index contributed by atoms with van der Waals surface area (Å²) in [5.41, 5.74) is 6.09. The number of hydrogen-bond acceptors (Lipinski definition) is 2. The first-order valence-electron chi connectivity index (χ1n) is 7.11. The molecule has 1 fully saturated rings. The molecule has 1 rings (SSSR count). The summed E-state index contributed by atoms with van der Waals surface area (Å²) in [5, 5.41) is 0. The van der Waals surface area contributed by atoms with Crippen LogP contribution in [0.25, 0.3) is 0 Å². The van der Waals surface area contributed by atoms with Crippen molar-refractivity contribution in [1.29, 1.82) is 0 Å². The molecule has 3 nitrogen and oxygen atoms in total. The van der Waals surface area contributed by atoms with Gasteiger partial charge in [0.1, 0.15) is 0 Å². The molecule has 1 aliphatic heterocycles. The van der Waals surface area contributed by atoms with Crippen molar-refractivity contribution in [2.45, 2.75) is 52.9 Å². The topological polar surface area (TPSA) is 46.3 Å². The molecule has 0 aromatic rings. The van der Waals surface area contributed by atoms with Crippen LogP contribution in [-0.4, -0.2) is 30.4 Å². The summed E-state index contributed by atoms with van der Waals surface area (Å²) < 4.78 is 0. The maximum Gasteiger partial charge on any atom is 0.226 e. The van der Waals surface area contributed by atoms with E-state index in [4.69, 9.17) is 5.73 Å². The van der Waals surface area contributed by atoms with E-state index in [1.807, 2.05) is 0 Å². The fraction of sp³-hybridized carbons (Fsp3) is 0.929. The third-order valence-electron chi connectivity index (χ3n) is 4.52. The molecule has 0 spiro atoms. The largest absolute Gasteiger partial charge is 0.342 e. The molecular formula is C14H28N2O. The van der Waals surface area contributed by atoms with E-state index >= 15 is 0 Å². The van der Waals surface area contributed by atoms with Crippen LogP contribution in [0.3, 0.4) is 0 Å². The van der Waals surface area contributed by atoms with Crippen LogP contribution in [0.4, 0.5) is 0 Å². The van der Waals surface area contributed by atoms with Gasteiger partial charge in [0.2, 0.25) is 5.91 Å². The lowest BCUT2D eigenvalue weighted by molar-refractivity contribution is -0.134. The molecule has 1 aliphatic rings. The highest BCUT2D eigenvalue weighted by Gasteiger charge is 2.38. The highest BCUT2D eigenvalue weighted by Crippen LogP contribution is 2.37. The predicted octanol–water partition coefficient (Wildman–Crippen LogP) is 2.40. The summed E-state index contributed by atoms with van der Waals surface area (Å²) in [7, 11) is 0. The molecule has 17 heavy (non-hydrogen) atoms. The van der Waals surface area contributed by atoms with Crippen LogP contribution in [0.15, 0.2) is 0 Å². The van der Waals surface area contributed by atoms with Gasteiger partial charge in [-0.1, -0.05) is 27.2 Å². The Labute approximate surface area is 106 Å². The van der Waals surface area contributed by atoms with E-state index in [9.17, 15) is 4.79 Å². The van der Waals surface area contributed by atoms with E-state index in [0.717, 1.165) is 32.4 Å². The minimum atomic E-state index is 0.0458. The van der Waals surface area contributed by atoms with E-state index in [1.165, 1.54) is 12.8 Å². The molecule has 0 aromatic heterocycles. The summed E-state index contributed by atoms with van der Waals surface area (Å²) in [4.78, 5) is 14.4. The summed E-state index contributed by atoms with van der Waals surface area (Å²) >= 11 is 0. The quantitative estimate of drug-likeness (QED) is 0.775. The molecule has 1 heterocycles. The third kappa shape index (κ3) is 3.21. The van der Waals surface area contributed by atoms with E-state index < -0.39 is 0 Å². The Bertz CT molecular complexity index is 249. The summed E-state index contributed by atoms with van der Waals surface area (Å²) in [6.45, 7) is 8.96. The lowest BCUT2D eigenvalue weighted by atomic mass is 9.82. The van der Waals surface area contributed by atoms with E-state index in [2.05, 4.69) is 25.7 Å². The van der Waals surface area contributed by atoms with Crippen molar-refractivity contribution in [3.63, 3.8) is 0 Å². The average molecular weight is 240 g/mol. The Hall–Kier alpha value is -0.570. The molecule has 0 aliphatic carbocycles. The summed E-state index contributed by atoms with van der Waals surface area (Å²) in [6.07, 6.45) is 5.48. The van der Waals surface area contributed by atoms with Gasteiger partial charge in [-0.3, -0.25) is 4.79 Å². The lowest BCUT2D eigenvalue weighted by Crippen LogP contribution is -2.39. The maximum atomic E-state index is 12.3. The Morgan fingerprint density at radius 3 is 2.41 bits per heavy atom. The third-order valence-corrected chi connectivity index (χ3v) is 4.52. The van der Waals surface area contributed by atoms with Crippen molar-refractivity contribution in [3.8, 4) is 0 Å². The van der Waals surface area contributed by atoms with E-state index in [0.29, 0.717) is 12.0 Å². The second-order valence-corrected chi connectivity index (χ2v) is 5.44. The first kappa shape index (κ1) is 14.5. The molecule has 0 radical (unpaired) electrons. The highest BCUT2D eigenvalue weighted by molar-refractivity contribution is 5.79. The molecule has 100 valence electrons. The van der Waals surface area contributed by atoms with Crippen LogP contribution in [0, 0.1) is 11.3 Å². The van der Waals surface area contributed by atoms with Crippen molar-refractivity contribution in [3.05, 3.63) is 0 Å². The summed E-state index contributed by atoms with van der Waals surface area (Å²) in [5.74, 6) is 0.336. The Kier molecular flexibility index (Phi) is 5.44. The second kappa shape index (κ2) is 6.39. The highest BCUT2D eigenvalue weighted by atomic mass is 16.2. The Morgan fingerprint density at radius 1 is 1.35 bits per heavy atom. The fourth-order valence-corrected chi connectivity index (χ4v) is 2.90. The lowest BCUT2D eigenvalue weighted by Gasteiger charge is -2.28. The van der Waals surface area contributed by atoms with Crippen LogP contribution in [0.2, 0.25) is 0 Å². The van der Waals surface area contributed by atoms with Crippen LogP contribution in [0.5, 0.6) is 0 Å². The Morgan fingerprint density at radius 2 is 2.00 bits per heavy atom. The molecule has 1 amide bonds. The van der Waals surface area contributed by atoms with Crippen LogP contribution < -0.4 is 5.73 Å². The number of carbonyl (C=O) groups excluding carboxylic acids is 1. The summed E-state index contributed by atoms with van der Waals surface area (Å²) in [6, 6.07) is 0. The van der Waals surface area contributed by atoms with Gasteiger partial charge in [0.25, 0.3) is 0 Å². The monoisotopic (exact) mass is 240 g/mol. The van der Waals surface area contributed by atoms with Gasteiger partial charge in [-0.05, 0) is 31.1 Å². The Balaban J connectivity index is 2.60. The molecule has 0 saturated carbocycles. The first-order chi connectivity index (χ1) is 8.12. The molecule has 1 atom stereocenters. The molecule has 1 unspecified atom stereocenters. The zero-order chi connectivity index (χ0) is 12.9. The second-order valence-electron chi connectivity index (χ2n) is 5.44. The molecule has 2 N–H and O–H groups in total. The number of amides is 1. The zero-order valence-corrected chi connectivity index (χ0v) is 11.7. The zero-order valence-electron chi connectivity index (χ0n) is 11.7. The number of hydrogen-bond donors (Lipinski definition) is 1. The SMILES string of the molecule is CCCC(CN)C(=O)N1CCC(CC)(CC)C1. The van der Waals surface area contributed by atoms with E-state index in [1.54, 1.807) is 0 Å². The number of likely N-dealkylation sites (tertiary alicyclic amines) is 1. The fourth-order valence-electron chi connectivity index (χ4n) is 2.90. The van der Waals surface area contributed by atoms with Gasteiger partial charge in [-0.2, -0.15) is 0 Å². The van der Waals surface area contributed by atoms with E-state index in [-0.39, 0.29) is 11.8 Å². The van der Waals surface area contributed by atoms with Crippen molar-refractivity contribution in [2.75, 3.05) is 19.6 Å². The minimum Gasteiger partial charge on any atom is -0.342 e. The van der Waals surface area contributed by atoms with Gasteiger partial charge >= 0.3 is 0 Å². The van der Waals surface area contributed by atoms with Crippen LogP contribution in [0.1, 0.15) is 52.9 Å². The first-order valence-corrected chi connectivity index (χ1v) is 7.11. The predicted molar refractivity (Wildman–Crippen MR) is 71.7 cm³/mol. The number of nitrogens with zero attached hydrogens (tertiary/aromatic N) is 1. The standard InChI is InChI=1S/C14H28N2O/c1-4-7-12(10-15)13(17)16-9-8-14(5-2,6-3)11-16/h12H,4-11,15H2,1-3H3. The number of nitrogens with two attached hydrogens (primary N) is 1. The van der Waals surface area contributed by atoms with Gasteiger partial charge < -0.3 is 10.6 Å². The van der Waals surface area contributed by atoms with Gasteiger partial charge in [0, 0.05) is 19.6 Å². The smallest absolute Gasteiger partial charge is 0.226 e. The minimum absolute atomic E-state index is 0.0458. The van der Waals surface area contributed by atoms with Crippen LogP contribution >= 0.6 is 0 Å². The van der Waals surface area contributed by atoms with Crippen molar-refractivity contribution < 1.29 is 4.79 Å². The van der Waals surface area contributed by atoms with Gasteiger partial charge in [0.05, 0.1) is 5.92 Å². The van der Waals surface area contributed by atoms with Crippen LogP contribution in [-0.2, 0) is 4.79 Å². The maximum absolute atomic E-state index is 12.3.